The van der Waals surface area contributed by atoms with Crippen LogP contribution >= 0.6 is 0 Å². The number of pyridine rings is 1. The zero-order valence-electron chi connectivity index (χ0n) is 14.9. The molecule has 3 rings (SSSR count). The molecule has 9 heteroatoms. The fraction of sp³-hybridized carbons (Fsp3) is 0.158. The summed E-state index contributed by atoms with van der Waals surface area (Å²) in [6.07, 6.45) is -3.16. The molecule has 3 aromatic rings. The molecule has 0 unspecified atom stereocenters. The summed E-state index contributed by atoms with van der Waals surface area (Å²) in [7, 11) is 0. The van der Waals surface area contributed by atoms with Crippen LogP contribution in [0.2, 0.25) is 0 Å². The molecule has 1 N–H and O–H groups in total. The fourth-order valence-corrected chi connectivity index (χ4v) is 2.63. The highest BCUT2D eigenvalue weighted by atomic mass is 19.4. The molecule has 0 aliphatic heterocycles. The molecule has 1 aromatic carbocycles. The summed E-state index contributed by atoms with van der Waals surface area (Å²) in [6.45, 7) is 3.15. The number of carbonyl (C=O) groups is 1. The largest absolute Gasteiger partial charge is 0.418 e. The topological polar surface area (TPSA) is 76.9 Å². The number of hydrogen-bond acceptors (Lipinski definition) is 4. The van der Waals surface area contributed by atoms with Crippen LogP contribution in [0.25, 0.3) is 5.69 Å². The highest BCUT2D eigenvalue weighted by Gasteiger charge is 2.34. The Balaban J connectivity index is 2.09. The van der Waals surface area contributed by atoms with E-state index in [1.807, 2.05) is 0 Å². The zero-order chi connectivity index (χ0) is 20.5. The first-order valence-corrected chi connectivity index (χ1v) is 8.19. The number of anilines is 1. The van der Waals surface area contributed by atoms with Gasteiger partial charge in [0.2, 0.25) is 5.43 Å². The van der Waals surface area contributed by atoms with Gasteiger partial charge in [-0.2, -0.15) is 18.3 Å². The van der Waals surface area contributed by atoms with Gasteiger partial charge < -0.3 is 5.32 Å². The van der Waals surface area contributed by atoms with Crippen LogP contribution in [-0.4, -0.2) is 20.7 Å². The van der Waals surface area contributed by atoms with E-state index in [9.17, 15) is 22.8 Å². The average Bonchev–Trinajstić information content (AvgIpc) is 2.63. The van der Waals surface area contributed by atoms with Gasteiger partial charge in [-0.25, -0.2) is 9.67 Å². The van der Waals surface area contributed by atoms with Gasteiger partial charge in [0.25, 0.3) is 5.91 Å². The van der Waals surface area contributed by atoms with Crippen molar-refractivity contribution < 1.29 is 18.0 Å². The van der Waals surface area contributed by atoms with Gasteiger partial charge in [-0.3, -0.25) is 9.59 Å². The molecule has 2 aromatic heterocycles. The Morgan fingerprint density at radius 2 is 1.82 bits per heavy atom. The van der Waals surface area contributed by atoms with Gasteiger partial charge in [-0.05, 0) is 37.6 Å². The highest BCUT2D eigenvalue weighted by Crippen LogP contribution is 2.33. The van der Waals surface area contributed by atoms with Crippen molar-refractivity contribution in [3.8, 4) is 5.69 Å². The first-order chi connectivity index (χ1) is 13.2. The van der Waals surface area contributed by atoms with Crippen molar-refractivity contribution in [1.82, 2.24) is 14.8 Å². The van der Waals surface area contributed by atoms with Gasteiger partial charge in [-0.15, -0.1) is 0 Å². The minimum atomic E-state index is -4.62. The SMILES string of the molecule is Cc1cccnc1NC(=O)c1nn(-c2ccccc2C(F)(F)F)c(C)cc1=O. The summed E-state index contributed by atoms with van der Waals surface area (Å²) in [5.41, 5.74) is -1.63. The number of nitrogens with one attached hydrogen (secondary N) is 1. The van der Waals surface area contributed by atoms with Crippen LogP contribution in [-0.2, 0) is 6.18 Å². The van der Waals surface area contributed by atoms with Crippen LogP contribution in [0.1, 0.15) is 27.3 Å². The number of benzene rings is 1. The maximum absolute atomic E-state index is 13.3. The van der Waals surface area contributed by atoms with Crippen LogP contribution in [0.4, 0.5) is 19.0 Å². The van der Waals surface area contributed by atoms with E-state index < -0.39 is 28.8 Å². The second-order valence-corrected chi connectivity index (χ2v) is 6.05. The van der Waals surface area contributed by atoms with E-state index >= 15 is 0 Å². The summed E-state index contributed by atoms with van der Waals surface area (Å²) in [5, 5.41) is 6.37. The first kappa shape index (κ1) is 19.3. The second kappa shape index (κ2) is 7.26. The number of aryl methyl sites for hydroxylation is 2. The minimum Gasteiger partial charge on any atom is -0.305 e. The third kappa shape index (κ3) is 3.78. The van der Waals surface area contributed by atoms with E-state index in [0.717, 1.165) is 16.8 Å². The van der Waals surface area contributed by atoms with Crippen molar-refractivity contribution >= 4 is 11.7 Å². The van der Waals surface area contributed by atoms with Gasteiger partial charge >= 0.3 is 6.18 Å². The number of para-hydroxylation sites is 1. The lowest BCUT2D eigenvalue weighted by atomic mass is 10.1. The van der Waals surface area contributed by atoms with E-state index in [0.29, 0.717) is 5.56 Å². The minimum absolute atomic E-state index is 0.160. The lowest BCUT2D eigenvalue weighted by Gasteiger charge is -2.16. The highest BCUT2D eigenvalue weighted by molar-refractivity contribution is 6.02. The molecule has 0 aliphatic rings. The first-order valence-electron chi connectivity index (χ1n) is 8.19. The van der Waals surface area contributed by atoms with Gasteiger partial charge in [0, 0.05) is 18.0 Å². The molecule has 144 valence electrons. The molecule has 2 heterocycles. The van der Waals surface area contributed by atoms with E-state index in [1.54, 1.807) is 19.1 Å². The molecule has 0 aliphatic carbocycles. The Hall–Kier alpha value is -3.49. The van der Waals surface area contributed by atoms with Crippen molar-refractivity contribution in [2.24, 2.45) is 0 Å². The van der Waals surface area contributed by atoms with Crippen molar-refractivity contribution in [3.05, 3.63) is 81.4 Å². The molecule has 0 saturated carbocycles. The third-order valence-electron chi connectivity index (χ3n) is 4.00. The van der Waals surface area contributed by atoms with Crippen LogP contribution in [0.15, 0.2) is 53.5 Å². The normalized spacial score (nSPS) is 11.3. The number of amides is 1. The van der Waals surface area contributed by atoms with E-state index in [-0.39, 0.29) is 17.2 Å². The maximum atomic E-state index is 13.3. The summed E-state index contributed by atoms with van der Waals surface area (Å²) in [5.74, 6) is -0.624. The predicted molar refractivity (Wildman–Crippen MR) is 96.5 cm³/mol. The average molecular weight is 388 g/mol. The molecule has 0 bridgehead atoms. The Labute approximate surface area is 157 Å². The zero-order valence-corrected chi connectivity index (χ0v) is 14.9. The molecule has 0 saturated heterocycles. The smallest absolute Gasteiger partial charge is 0.305 e. The van der Waals surface area contributed by atoms with E-state index in [4.69, 9.17) is 0 Å². The van der Waals surface area contributed by atoms with Gasteiger partial charge in [0.15, 0.2) is 5.69 Å². The number of aromatic nitrogens is 3. The Kier molecular flexibility index (Phi) is 5.00. The predicted octanol–water partition coefficient (Wildman–Crippen LogP) is 3.52. The van der Waals surface area contributed by atoms with Crippen LogP contribution in [0, 0.1) is 13.8 Å². The summed E-state index contributed by atoms with van der Waals surface area (Å²) >= 11 is 0. The van der Waals surface area contributed by atoms with Crippen molar-refractivity contribution in [1.29, 1.82) is 0 Å². The maximum Gasteiger partial charge on any atom is 0.418 e. The summed E-state index contributed by atoms with van der Waals surface area (Å²) < 4.78 is 41.0. The van der Waals surface area contributed by atoms with Crippen molar-refractivity contribution in [2.45, 2.75) is 20.0 Å². The number of alkyl halides is 3. The van der Waals surface area contributed by atoms with E-state index in [2.05, 4.69) is 15.4 Å². The van der Waals surface area contributed by atoms with Crippen molar-refractivity contribution in [3.63, 3.8) is 0 Å². The summed E-state index contributed by atoms with van der Waals surface area (Å²) in [4.78, 5) is 28.8. The summed E-state index contributed by atoms with van der Waals surface area (Å²) in [6, 6.07) is 9.26. The molecule has 1 amide bonds. The second-order valence-electron chi connectivity index (χ2n) is 6.05. The molecule has 6 nitrogen and oxygen atoms in total. The molecular formula is C19H15F3N4O2. The van der Waals surface area contributed by atoms with Crippen LogP contribution in [0.3, 0.4) is 0 Å². The number of nitrogens with zero attached hydrogens (tertiary/aromatic N) is 3. The van der Waals surface area contributed by atoms with Crippen LogP contribution < -0.4 is 10.7 Å². The fourth-order valence-electron chi connectivity index (χ4n) is 2.63. The molecule has 0 fully saturated rings. The monoisotopic (exact) mass is 388 g/mol. The Morgan fingerprint density at radius 3 is 2.50 bits per heavy atom. The molecule has 0 spiro atoms. The van der Waals surface area contributed by atoms with Gasteiger partial charge in [0.1, 0.15) is 5.82 Å². The molecule has 0 atom stereocenters. The third-order valence-corrected chi connectivity index (χ3v) is 4.00. The lowest BCUT2D eigenvalue weighted by Crippen LogP contribution is -2.28. The van der Waals surface area contributed by atoms with Gasteiger partial charge in [0.05, 0.1) is 11.3 Å². The quantitative estimate of drug-likeness (QED) is 0.745. The van der Waals surface area contributed by atoms with E-state index in [1.165, 1.54) is 31.3 Å². The number of rotatable bonds is 3. The molecule has 0 radical (unpaired) electrons. The van der Waals surface area contributed by atoms with Crippen molar-refractivity contribution in [2.75, 3.05) is 5.32 Å². The Bertz CT molecular complexity index is 1110. The number of hydrogen-bond donors (Lipinski definition) is 1. The Morgan fingerprint density at radius 1 is 1.11 bits per heavy atom. The van der Waals surface area contributed by atoms with Gasteiger partial charge in [-0.1, -0.05) is 18.2 Å². The number of carbonyl (C=O) groups excluding carboxylic acids is 1. The lowest BCUT2D eigenvalue weighted by molar-refractivity contribution is -0.137. The number of halogens is 3. The standard InChI is InChI=1S/C19H15F3N4O2/c1-11-6-5-9-23-17(11)24-18(28)16-15(27)10-12(2)26(25-16)14-8-4-3-7-13(14)19(20,21)22/h3-10H,1-2H3,(H,23,24,28). The van der Waals surface area contributed by atoms with Crippen LogP contribution in [0.5, 0.6) is 0 Å². The molecule has 28 heavy (non-hydrogen) atoms. The molecular weight excluding hydrogens is 373 g/mol.